The monoisotopic (exact) mass is 181 g/mol. The number of rotatable bonds is 4. The molecule has 0 bridgehead atoms. The van der Waals surface area contributed by atoms with Crippen LogP contribution in [0.4, 0.5) is 5.00 Å². The van der Waals surface area contributed by atoms with Gasteiger partial charge in [-0.15, -0.1) is 16.5 Å². The van der Waals surface area contributed by atoms with Gasteiger partial charge in [-0.2, -0.15) is 10.2 Å². The highest BCUT2D eigenvalue weighted by molar-refractivity contribution is 7.14. The second kappa shape index (κ2) is 3.77. The highest BCUT2D eigenvalue weighted by Gasteiger charge is 2.08. The molecule has 0 atom stereocenters. The minimum atomic E-state index is 0.541. The van der Waals surface area contributed by atoms with E-state index in [0.717, 1.165) is 6.29 Å². The first-order valence-electron chi connectivity index (χ1n) is 3.09. The fourth-order valence-electron chi connectivity index (χ4n) is 0.737. The molecule has 0 saturated heterocycles. The fraction of sp³-hybridized carbons (Fsp3) is 0. The molecule has 1 aromatic heterocycles. The number of anilines is 1. The van der Waals surface area contributed by atoms with E-state index in [1.54, 1.807) is 11.4 Å². The molecule has 0 aliphatic carbocycles. The maximum Gasteiger partial charge on any atom is 0.153 e. The summed E-state index contributed by atoms with van der Waals surface area (Å²) in [5.41, 5.74) is 0.541. The summed E-state index contributed by atoms with van der Waals surface area (Å²) in [7, 11) is 0. The minimum absolute atomic E-state index is 0.541. The molecule has 0 fully saturated rings. The van der Waals surface area contributed by atoms with Crippen LogP contribution in [0.5, 0.6) is 0 Å². The summed E-state index contributed by atoms with van der Waals surface area (Å²) >= 11 is 1.36. The van der Waals surface area contributed by atoms with Crippen LogP contribution in [0.2, 0.25) is 0 Å². The van der Waals surface area contributed by atoms with Crippen LogP contribution in [0.15, 0.2) is 21.6 Å². The fourth-order valence-corrected chi connectivity index (χ4v) is 1.54. The van der Waals surface area contributed by atoms with Crippen molar-refractivity contribution in [2.24, 2.45) is 10.2 Å². The normalized spacial score (nSPS) is 9.00. The number of hydrogen-bond acceptors (Lipinski definition) is 5. The lowest BCUT2D eigenvalue weighted by atomic mass is 10.3. The lowest BCUT2D eigenvalue weighted by molar-refractivity contribution is 0.112. The number of nitrogens with zero attached hydrogens (tertiary/aromatic N) is 3. The van der Waals surface area contributed by atoms with Gasteiger partial charge in [-0.05, 0) is 11.4 Å². The Bertz CT molecular complexity index is 299. The molecular formula is C7H7N3OS. The van der Waals surface area contributed by atoms with Gasteiger partial charge in [-0.25, -0.2) is 0 Å². The molecule has 62 valence electrons. The summed E-state index contributed by atoms with van der Waals surface area (Å²) in [5, 5.41) is 10.8. The van der Waals surface area contributed by atoms with E-state index in [-0.39, 0.29) is 0 Å². The van der Waals surface area contributed by atoms with E-state index < -0.39 is 0 Å². The third kappa shape index (κ3) is 1.40. The number of aldehydes is 1. The third-order valence-electron chi connectivity index (χ3n) is 1.25. The number of thiophene rings is 1. The second-order valence-corrected chi connectivity index (χ2v) is 2.77. The topological polar surface area (TPSA) is 45.0 Å². The van der Waals surface area contributed by atoms with Crippen molar-refractivity contribution in [2.45, 2.75) is 0 Å². The zero-order chi connectivity index (χ0) is 8.97. The van der Waals surface area contributed by atoms with E-state index in [4.69, 9.17) is 0 Å². The average Bonchev–Trinajstić information content (AvgIpc) is 2.55. The van der Waals surface area contributed by atoms with E-state index in [9.17, 15) is 4.79 Å². The van der Waals surface area contributed by atoms with Crippen molar-refractivity contribution < 1.29 is 4.79 Å². The SMILES string of the molecule is C=NN(N=C)c1sccc1C=O. The highest BCUT2D eigenvalue weighted by atomic mass is 32.1. The van der Waals surface area contributed by atoms with Crippen LogP contribution in [0, 0.1) is 0 Å². The molecule has 12 heavy (non-hydrogen) atoms. The van der Waals surface area contributed by atoms with Gasteiger partial charge in [0.25, 0.3) is 0 Å². The molecule has 1 rings (SSSR count). The summed E-state index contributed by atoms with van der Waals surface area (Å²) in [4.78, 5) is 10.5. The van der Waals surface area contributed by atoms with Crippen LogP contribution < -0.4 is 5.12 Å². The quantitative estimate of drug-likeness (QED) is 0.402. The molecule has 0 aliphatic heterocycles. The molecule has 5 heteroatoms. The molecule has 0 aliphatic rings. The molecule has 0 spiro atoms. The predicted octanol–water partition coefficient (Wildman–Crippen LogP) is 1.60. The van der Waals surface area contributed by atoms with Crippen LogP contribution in [0.25, 0.3) is 0 Å². The first-order chi connectivity index (χ1) is 5.83. The summed E-state index contributed by atoms with van der Waals surface area (Å²) in [5.74, 6) is 0. The van der Waals surface area contributed by atoms with Crippen LogP contribution in [-0.4, -0.2) is 19.7 Å². The Balaban J connectivity index is 3.06. The summed E-state index contributed by atoms with van der Waals surface area (Å²) in [6.45, 7) is 6.59. The zero-order valence-corrected chi connectivity index (χ0v) is 7.12. The lowest BCUT2D eigenvalue weighted by Gasteiger charge is -2.08. The van der Waals surface area contributed by atoms with Gasteiger partial charge in [-0.3, -0.25) is 4.79 Å². The zero-order valence-electron chi connectivity index (χ0n) is 6.30. The van der Waals surface area contributed by atoms with Gasteiger partial charge >= 0.3 is 0 Å². The van der Waals surface area contributed by atoms with E-state index in [1.165, 1.54) is 16.5 Å². The largest absolute Gasteiger partial charge is 0.298 e. The molecule has 0 radical (unpaired) electrons. The number of hydrazone groups is 2. The van der Waals surface area contributed by atoms with Crippen molar-refractivity contribution in [3.63, 3.8) is 0 Å². The van der Waals surface area contributed by atoms with Crippen molar-refractivity contribution >= 4 is 36.1 Å². The van der Waals surface area contributed by atoms with E-state index >= 15 is 0 Å². The van der Waals surface area contributed by atoms with Crippen LogP contribution in [0.3, 0.4) is 0 Å². The van der Waals surface area contributed by atoms with Crippen LogP contribution in [0.1, 0.15) is 10.4 Å². The van der Waals surface area contributed by atoms with E-state index in [1.807, 2.05) is 0 Å². The van der Waals surface area contributed by atoms with Gasteiger partial charge in [0.1, 0.15) is 5.00 Å². The standard InChI is InChI=1S/C7H7N3OS/c1-8-10(9-2)7-6(5-11)3-4-12-7/h3-5H,1-2H2. The Hall–Kier alpha value is -1.49. The first kappa shape index (κ1) is 8.61. The molecule has 0 unspecified atom stereocenters. The Labute approximate surface area is 73.8 Å². The Morgan fingerprint density at radius 2 is 2.17 bits per heavy atom. The van der Waals surface area contributed by atoms with E-state index in [0.29, 0.717) is 10.6 Å². The Morgan fingerprint density at radius 1 is 1.50 bits per heavy atom. The van der Waals surface area contributed by atoms with Crippen molar-refractivity contribution in [1.82, 2.24) is 0 Å². The molecule has 0 amide bonds. The Kier molecular flexibility index (Phi) is 2.71. The molecule has 1 heterocycles. The molecule has 1 aromatic rings. The summed E-state index contributed by atoms with van der Waals surface area (Å²) in [6.07, 6.45) is 0.745. The summed E-state index contributed by atoms with van der Waals surface area (Å²) in [6, 6.07) is 1.69. The smallest absolute Gasteiger partial charge is 0.153 e. The van der Waals surface area contributed by atoms with Crippen molar-refractivity contribution in [1.29, 1.82) is 0 Å². The van der Waals surface area contributed by atoms with Crippen molar-refractivity contribution in [3.05, 3.63) is 17.0 Å². The minimum Gasteiger partial charge on any atom is -0.298 e. The van der Waals surface area contributed by atoms with E-state index in [2.05, 4.69) is 23.6 Å². The summed E-state index contributed by atoms with van der Waals surface area (Å²) < 4.78 is 0. The maximum atomic E-state index is 10.5. The Morgan fingerprint density at radius 3 is 2.67 bits per heavy atom. The molecule has 0 aromatic carbocycles. The molecular weight excluding hydrogens is 174 g/mol. The van der Waals surface area contributed by atoms with Gasteiger partial charge in [0.15, 0.2) is 6.29 Å². The van der Waals surface area contributed by atoms with Crippen molar-refractivity contribution in [2.75, 3.05) is 5.12 Å². The van der Waals surface area contributed by atoms with Gasteiger partial charge in [0.05, 0.1) is 5.56 Å². The first-order valence-corrected chi connectivity index (χ1v) is 3.97. The van der Waals surface area contributed by atoms with Gasteiger partial charge in [0.2, 0.25) is 0 Å². The lowest BCUT2D eigenvalue weighted by Crippen LogP contribution is -2.05. The number of carbonyl (C=O) groups excluding carboxylic acids is 1. The van der Waals surface area contributed by atoms with Gasteiger partial charge in [0, 0.05) is 13.4 Å². The number of carbonyl (C=O) groups is 1. The highest BCUT2D eigenvalue weighted by Crippen LogP contribution is 2.26. The maximum absolute atomic E-state index is 10.5. The van der Waals surface area contributed by atoms with Crippen molar-refractivity contribution in [3.8, 4) is 0 Å². The van der Waals surface area contributed by atoms with Gasteiger partial charge in [-0.1, -0.05) is 0 Å². The third-order valence-corrected chi connectivity index (χ3v) is 2.15. The molecule has 4 nitrogen and oxygen atoms in total. The van der Waals surface area contributed by atoms with Crippen LogP contribution in [-0.2, 0) is 0 Å². The van der Waals surface area contributed by atoms with Gasteiger partial charge < -0.3 is 0 Å². The van der Waals surface area contributed by atoms with Crippen LogP contribution >= 0.6 is 11.3 Å². The average molecular weight is 181 g/mol. The molecule has 0 saturated carbocycles. The number of hydrogen-bond donors (Lipinski definition) is 0. The second-order valence-electron chi connectivity index (χ2n) is 1.87. The molecule has 0 N–H and O–H groups in total. The predicted molar refractivity (Wildman–Crippen MR) is 51.3 cm³/mol.